The van der Waals surface area contributed by atoms with E-state index in [9.17, 15) is 4.79 Å². The van der Waals surface area contributed by atoms with Gasteiger partial charge in [0.25, 0.3) is 5.91 Å². The van der Waals surface area contributed by atoms with Crippen molar-refractivity contribution in [3.8, 4) is 11.5 Å². The molecule has 0 saturated heterocycles. The highest BCUT2D eigenvalue weighted by molar-refractivity contribution is 5.77. The van der Waals surface area contributed by atoms with Gasteiger partial charge >= 0.3 is 0 Å². The standard InChI is InChI=1S/C19H23NO3/c1-15-6-3-10-18(12-15)23-14-19(21)20-11-5-8-16-7-4-9-17(13-16)22-2/h3-4,6-7,9-10,12-13H,5,8,11,14H2,1-2H3,(H,20,21). The summed E-state index contributed by atoms with van der Waals surface area (Å²) in [5.41, 5.74) is 2.32. The van der Waals surface area contributed by atoms with Gasteiger partial charge in [-0.2, -0.15) is 0 Å². The van der Waals surface area contributed by atoms with Crippen LogP contribution >= 0.6 is 0 Å². The van der Waals surface area contributed by atoms with Gasteiger partial charge < -0.3 is 14.8 Å². The lowest BCUT2D eigenvalue weighted by Gasteiger charge is -2.08. The van der Waals surface area contributed by atoms with Crippen LogP contribution in [-0.4, -0.2) is 26.2 Å². The highest BCUT2D eigenvalue weighted by Gasteiger charge is 2.03. The number of benzene rings is 2. The Morgan fingerprint density at radius 3 is 2.65 bits per heavy atom. The zero-order valence-corrected chi connectivity index (χ0v) is 13.7. The summed E-state index contributed by atoms with van der Waals surface area (Å²) in [7, 11) is 1.66. The van der Waals surface area contributed by atoms with E-state index >= 15 is 0 Å². The Morgan fingerprint density at radius 1 is 1.09 bits per heavy atom. The average Bonchev–Trinajstić information content (AvgIpc) is 2.57. The summed E-state index contributed by atoms with van der Waals surface area (Å²) in [4.78, 5) is 11.8. The Kier molecular flexibility index (Phi) is 6.48. The number of rotatable bonds is 8. The fourth-order valence-corrected chi connectivity index (χ4v) is 2.25. The molecule has 0 unspecified atom stereocenters. The van der Waals surface area contributed by atoms with Crippen LogP contribution in [0.5, 0.6) is 11.5 Å². The second kappa shape index (κ2) is 8.83. The highest BCUT2D eigenvalue weighted by Crippen LogP contribution is 2.14. The van der Waals surface area contributed by atoms with Gasteiger partial charge in [0, 0.05) is 6.54 Å². The number of hydrogen-bond donors (Lipinski definition) is 1. The summed E-state index contributed by atoms with van der Waals surface area (Å²) in [6.45, 7) is 2.67. The minimum atomic E-state index is -0.0999. The number of ether oxygens (including phenoxy) is 2. The molecule has 1 amide bonds. The first kappa shape index (κ1) is 16.9. The number of hydrogen-bond acceptors (Lipinski definition) is 3. The van der Waals surface area contributed by atoms with Crippen LogP contribution in [0, 0.1) is 6.92 Å². The first-order valence-electron chi connectivity index (χ1n) is 7.76. The van der Waals surface area contributed by atoms with Gasteiger partial charge in [0.2, 0.25) is 0 Å². The van der Waals surface area contributed by atoms with Crippen LogP contribution in [0.2, 0.25) is 0 Å². The van der Waals surface area contributed by atoms with Crippen LogP contribution in [0.15, 0.2) is 48.5 Å². The maximum absolute atomic E-state index is 11.8. The third kappa shape index (κ3) is 6.02. The molecular formula is C19H23NO3. The number of methoxy groups -OCH3 is 1. The van der Waals surface area contributed by atoms with E-state index in [4.69, 9.17) is 9.47 Å². The molecule has 122 valence electrons. The zero-order valence-electron chi connectivity index (χ0n) is 13.7. The molecule has 0 aliphatic heterocycles. The summed E-state index contributed by atoms with van der Waals surface area (Å²) >= 11 is 0. The average molecular weight is 313 g/mol. The Labute approximate surface area is 137 Å². The molecule has 0 bridgehead atoms. The van der Waals surface area contributed by atoms with E-state index in [0.29, 0.717) is 6.54 Å². The number of amides is 1. The van der Waals surface area contributed by atoms with Crippen molar-refractivity contribution in [1.29, 1.82) is 0 Å². The zero-order chi connectivity index (χ0) is 16.5. The Hall–Kier alpha value is -2.49. The molecule has 4 heteroatoms. The molecule has 0 aromatic heterocycles. The molecule has 2 aromatic carbocycles. The van der Waals surface area contributed by atoms with E-state index in [1.807, 2.05) is 49.4 Å². The second-order valence-corrected chi connectivity index (χ2v) is 5.41. The molecule has 0 spiro atoms. The lowest BCUT2D eigenvalue weighted by atomic mass is 10.1. The molecule has 2 aromatic rings. The molecule has 0 heterocycles. The number of aryl methyl sites for hydroxylation is 2. The van der Waals surface area contributed by atoms with E-state index in [0.717, 1.165) is 29.9 Å². The van der Waals surface area contributed by atoms with Crippen LogP contribution in [0.4, 0.5) is 0 Å². The molecule has 0 atom stereocenters. The normalized spacial score (nSPS) is 10.2. The van der Waals surface area contributed by atoms with E-state index in [1.165, 1.54) is 5.56 Å². The predicted octanol–water partition coefficient (Wildman–Crippen LogP) is 3.13. The second-order valence-electron chi connectivity index (χ2n) is 5.41. The molecule has 4 nitrogen and oxygen atoms in total. The Balaban J connectivity index is 1.64. The van der Waals surface area contributed by atoms with Gasteiger partial charge in [0.15, 0.2) is 6.61 Å². The Bertz CT molecular complexity index is 640. The smallest absolute Gasteiger partial charge is 0.257 e. The fourth-order valence-electron chi connectivity index (χ4n) is 2.25. The number of carbonyl (C=O) groups is 1. The molecule has 0 aliphatic carbocycles. The van der Waals surface area contributed by atoms with Crippen molar-refractivity contribution in [2.75, 3.05) is 20.3 Å². The SMILES string of the molecule is COc1cccc(CCCNC(=O)COc2cccc(C)c2)c1. The molecule has 0 fully saturated rings. The molecule has 0 radical (unpaired) electrons. The van der Waals surface area contributed by atoms with Gasteiger partial charge in [-0.25, -0.2) is 0 Å². The quantitative estimate of drug-likeness (QED) is 0.762. The van der Waals surface area contributed by atoms with Crippen molar-refractivity contribution < 1.29 is 14.3 Å². The summed E-state index contributed by atoms with van der Waals surface area (Å²) < 4.78 is 10.7. The van der Waals surface area contributed by atoms with Gasteiger partial charge in [-0.1, -0.05) is 24.3 Å². The van der Waals surface area contributed by atoms with Crippen molar-refractivity contribution >= 4 is 5.91 Å². The van der Waals surface area contributed by atoms with Crippen molar-refractivity contribution in [3.63, 3.8) is 0 Å². The van der Waals surface area contributed by atoms with Crippen molar-refractivity contribution in [2.45, 2.75) is 19.8 Å². The van der Waals surface area contributed by atoms with Crippen molar-refractivity contribution in [3.05, 3.63) is 59.7 Å². The van der Waals surface area contributed by atoms with E-state index in [2.05, 4.69) is 11.4 Å². The number of carbonyl (C=O) groups excluding carboxylic acids is 1. The predicted molar refractivity (Wildman–Crippen MR) is 91.0 cm³/mol. The number of nitrogens with one attached hydrogen (secondary N) is 1. The lowest BCUT2D eigenvalue weighted by Crippen LogP contribution is -2.29. The van der Waals surface area contributed by atoms with E-state index in [1.54, 1.807) is 7.11 Å². The van der Waals surface area contributed by atoms with Gasteiger partial charge in [-0.15, -0.1) is 0 Å². The lowest BCUT2D eigenvalue weighted by molar-refractivity contribution is -0.123. The molecule has 23 heavy (non-hydrogen) atoms. The summed E-state index contributed by atoms with van der Waals surface area (Å²) in [5, 5.41) is 2.87. The fraction of sp³-hybridized carbons (Fsp3) is 0.316. The highest BCUT2D eigenvalue weighted by atomic mass is 16.5. The minimum Gasteiger partial charge on any atom is -0.497 e. The van der Waals surface area contributed by atoms with Crippen LogP contribution in [0.3, 0.4) is 0 Å². The van der Waals surface area contributed by atoms with Gasteiger partial charge in [0.05, 0.1) is 7.11 Å². The van der Waals surface area contributed by atoms with Crippen LogP contribution in [0.25, 0.3) is 0 Å². The topological polar surface area (TPSA) is 47.6 Å². The third-order valence-corrected chi connectivity index (χ3v) is 3.46. The maximum Gasteiger partial charge on any atom is 0.257 e. The largest absolute Gasteiger partial charge is 0.497 e. The van der Waals surface area contributed by atoms with Gasteiger partial charge in [0.1, 0.15) is 11.5 Å². The molecule has 2 rings (SSSR count). The van der Waals surface area contributed by atoms with Crippen molar-refractivity contribution in [1.82, 2.24) is 5.32 Å². The van der Waals surface area contributed by atoms with E-state index < -0.39 is 0 Å². The molecule has 0 aliphatic rings. The van der Waals surface area contributed by atoms with Gasteiger partial charge in [-0.05, 0) is 55.2 Å². The van der Waals surface area contributed by atoms with Crippen LogP contribution < -0.4 is 14.8 Å². The summed E-state index contributed by atoms with van der Waals surface area (Å²) in [6.07, 6.45) is 1.78. The molecule has 1 N–H and O–H groups in total. The monoisotopic (exact) mass is 313 g/mol. The maximum atomic E-state index is 11.8. The first-order valence-corrected chi connectivity index (χ1v) is 7.76. The van der Waals surface area contributed by atoms with Crippen LogP contribution in [-0.2, 0) is 11.2 Å². The van der Waals surface area contributed by atoms with Crippen LogP contribution in [0.1, 0.15) is 17.5 Å². The molecule has 0 saturated carbocycles. The Morgan fingerprint density at radius 2 is 1.87 bits per heavy atom. The summed E-state index contributed by atoms with van der Waals surface area (Å²) in [6, 6.07) is 15.6. The third-order valence-electron chi connectivity index (χ3n) is 3.46. The minimum absolute atomic E-state index is 0.0443. The summed E-state index contributed by atoms with van der Waals surface area (Å²) in [5.74, 6) is 1.48. The van der Waals surface area contributed by atoms with E-state index in [-0.39, 0.29) is 12.5 Å². The van der Waals surface area contributed by atoms with Crippen molar-refractivity contribution in [2.24, 2.45) is 0 Å². The molecular weight excluding hydrogens is 290 g/mol. The van der Waals surface area contributed by atoms with Gasteiger partial charge in [-0.3, -0.25) is 4.79 Å². The first-order chi connectivity index (χ1) is 11.2.